The molecule has 3 nitrogen and oxygen atoms in total. The van der Waals surface area contributed by atoms with Crippen molar-refractivity contribution >= 4 is 40.1 Å². The molecule has 0 unspecified atom stereocenters. The van der Waals surface area contributed by atoms with E-state index >= 15 is 0 Å². The van der Waals surface area contributed by atoms with Crippen LogP contribution < -0.4 is 0 Å². The molecule has 5 heteroatoms. The van der Waals surface area contributed by atoms with E-state index in [0.717, 1.165) is 3.57 Å². The van der Waals surface area contributed by atoms with Crippen LogP contribution in [0.4, 0.5) is 0 Å². The van der Waals surface area contributed by atoms with Crippen molar-refractivity contribution in [3.63, 3.8) is 0 Å². The lowest BCUT2D eigenvalue weighted by Gasteiger charge is -2.15. The molecule has 1 saturated heterocycles. The average Bonchev–Trinajstić information content (AvgIpc) is 2.68. The van der Waals surface area contributed by atoms with E-state index in [0.29, 0.717) is 30.1 Å². The molecule has 1 amide bonds. The molecule has 1 aliphatic rings. The highest BCUT2D eigenvalue weighted by Gasteiger charge is 2.25. The van der Waals surface area contributed by atoms with Gasteiger partial charge in [-0.05, 0) is 47.2 Å². The van der Waals surface area contributed by atoms with Crippen molar-refractivity contribution in [3.8, 4) is 0 Å². The minimum Gasteiger partial charge on any atom is -0.391 e. The van der Waals surface area contributed by atoms with Crippen molar-refractivity contribution in [1.82, 2.24) is 4.90 Å². The summed E-state index contributed by atoms with van der Waals surface area (Å²) in [6.45, 7) is 1.03. The predicted molar refractivity (Wildman–Crippen MR) is 70.7 cm³/mol. The van der Waals surface area contributed by atoms with E-state index in [4.69, 9.17) is 11.6 Å². The number of β-amino-alcohol motifs (C(OH)–C–C–N with tert-alkyl or cyclic N) is 1. The quantitative estimate of drug-likeness (QED) is 0.788. The van der Waals surface area contributed by atoms with Crippen LogP contribution >= 0.6 is 34.2 Å². The fourth-order valence-corrected chi connectivity index (χ4v) is 2.25. The molecule has 0 aromatic heterocycles. The largest absolute Gasteiger partial charge is 0.391 e. The number of hydrogen-bond donors (Lipinski definition) is 1. The van der Waals surface area contributed by atoms with Crippen LogP contribution in [0.15, 0.2) is 18.2 Å². The molecule has 0 aliphatic carbocycles. The number of aliphatic hydroxyl groups excluding tert-OH is 1. The highest BCUT2D eigenvalue weighted by atomic mass is 127. The smallest absolute Gasteiger partial charge is 0.253 e. The van der Waals surface area contributed by atoms with Gasteiger partial charge in [-0.25, -0.2) is 0 Å². The number of benzene rings is 1. The Labute approximate surface area is 113 Å². The van der Waals surface area contributed by atoms with Gasteiger partial charge in [-0.15, -0.1) is 0 Å². The number of carbonyl (C=O) groups is 1. The summed E-state index contributed by atoms with van der Waals surface area (Å²) in [4.78, 5) is 13.7. The molecule has 0 spiro atoms. The third-order valence-corrected chi connectivity index (χ3v) is 4.19. The van der Waals surface area contributed by atoms with Crippen molar-refractivity contribution < 1.29 is 9.90 Å². The van der Waals surface area contributed by atoms with Gasteiger partial charge in [-0.2, -0.15) is 0 Å². The van der Waals surface area contributed by atoms with Crippen LogP contribution in [0, 0.1) is 3.57 Å². The maximum absolute atomic E-state index is 12.0. The minimum absolute atomic E-state index is 0.0603. The fraction of sp³-hybridized carbons (Fsp3) is 0.364. The third-order valence-electron chi connectivity index (χ3n) is 2.62. The molecule has 0 radical (unpaired) electrons. The average molecular weight is 352 g/mol. The minimum atomic E-state index is -0.386. The van der Waals surface area contributed by atoms with Gasteiger partial charge < -0.3 is 10.0 Å². The second kappa shape index (κ2) is 4.89. The molecule has 1 aromatic rings. The van der Waals surface area contributed by atoms with Crippen LogP contribution in [0.2, 0.25) is 5.02 Å². The SMILES string of the molecule is O=C(c1ccc(I)c(Cl)c1)N1CC[C@H](O)C1. The Bertz CT molecular complexity index is 424. The molecule has 1 atom stereocenters. The highest BCUT2D eigenvalue weighted by molar-refractivity contribution is 14.1. The summed E-state index contributed by atoms with van der Waals surface area (Å²) in [5.41, 5.74) is 0.583. The van der Waals surface area contributed by atoms with Crippen LogP contribution in [0.1, 0.15) is 16.8 Å². The Kier molecular flexibility index (Phi) is 3.71. The summed E-state index contributed by atoms with van der Waals surface area (Å²) in [6, 6.07) is 5.26. The number of rotatable bonds is 1. The molecule has 0 bridgehead atoms. The zero-order chi connectivity index (χ0) is 11.7. The summed E-state index contributed by atoms with van der Waals surface area (Å²) in [6.07, 6.45) is 0.271. The number of carbonyl (C=O) groups excluding carboxylic acids is 1. The van der Waals surface area contributed by atoms with Crippen molar-refractivity contribution in [3.05, 3.63) is 32.4 Å². The molecule has 0 saturated carbocycles. The molecular weight excluding hydrogens is 340 g/mol. The summed E-state index contributed by atoms with van der Waals surface area (Å²) >= 11 is 8.08. The van der Waals surface area contributed by atoms with E-state index in [2.05, 4.69) is 22.6 Å². The van der Waals surface area contributed by atoms with Crippen LogP contribution in [0.25, 0.3) is 0 Å². The lowest BCUT2D eigenvalue weighted by molar-refractivity contribution is 0.0765. The lowest BCUT2D eigenvalue weighted by Crippen LogP contribution is -2.29. The van der Waals surface area contributed by atoms with Gasteiger partial charge in [0.25, 0.3) is 5.91 Å². The number of amides is 1. The first-order valence-corrected chi connectivity index (χ1v) is 6.46. The maximum Gasteiger partial charge on any atom is 0.253 e. The zero-order valence-electron chi connectivity index (χ0n) is 8.49. The second-order valence-corrected chi connectivity index (χ2v) is 5.39. The molecule has 16 heavy (non-hydrogen) atoms. The van der Waals surface area contributed by atoms with Gasteiger partial charge in [-0.3, -0.25) is 4.79 Å². The molecule has 1 fully saturated rings. The molecule has 2 rings (SSSR count). The first kappa shape index (κ1) is 12.1. The van der Waals surface area contributed by atoms with Crippen LogP contribution in [0.5, 0.6) is 0 Å². The van der Waals surface area contributed by atoms with E-state index < -0.39 is 0 Å². The summed E-state index contributed by atoms with van der Waals surface area (Å²) in [7, 11) is 0. The lowest BCUT2D eigenvalue weighted by atomic mass is 10.2. The monoisotopic (exact) mass is 351 g/mol. The number of hydrogen-bond acceptors (Lipinski definition) is 2. The zero-order valence-corrected chi connectivity index (χ0v) is 11.4. The van der Waals surface area contributed by atoms with E-state index in [1.165, 1.54) is 0 Å². The molecule has 1 heterocycles. The molecule has 86 valence electrons. The first-order valence-electron chi connectivity index (χ1n) is 5.00. The molecule has 1 aliphatic heterocycles. The number of halogens is 2. The van der Waals surface area contributed by atoms with Crippen molar-refractivity contribution in [2.75, 3.05) is 13.1 Å². The van der Waals surface area contributed by atoms with Crippen molar-refractivity contribution in [2.45, 2.75) is 12.5 Å². The number of aliphatic hydroxyl groups is 1. The standard InChI is InChI=1S/C11H11ClINO2/c12-9-5-7(1-2-10(9)13)11(16)14-4-3-8(15)6-14/h1-2,5,8,15H,3-4,6H2/t8-/m0/s1. The second-order valence-electron chi connectivity index (χ2n) is 3.82. The Hall–Kier alpha value is -0.330. The topological polar surface area (TPSA) is 40.5 Å². The Morgan fingerprint density at radius 2 is 2.31 bits per heavy atom. The summed E-state index contributed by atoms with van der Waals surface area (Å²) in [5, 5.41) is 9.96. The summed E-state index contributed by atoms with van der Waals surface area (Å²) in [5.74, 6) is -0.0603. The van der Waals surface area contributed by atoms with E-state index in [1.807, 2.05) is 6.07 Å². The highest BCUT2D eigenvalue weighted by Crippen LogP contribution is 2.21. The van der Waals surface area contributed by atoms with Gasteiger partial charge in [0.1, 0.15) is 0 Å². The molecule has 1 aromatic carbocycles. The van der Waals surface area contributed by atoms with Crippen LogP contribution in [-0.2, 0) is 0 Å². The van der Waals surface area contributed by atoms with E-state index in [-0.39, 0.29) is 12.0 Å². The Morgan fingerprint density at radius 1 is 1.56 bits per heavy atom. The van der Waals surface area contributed by atoms with Gasteiger partial charge in [0.2, 0.25) is 0 Å². The Morgan fingerprint density at radius 3 is 2.88 bits per heavy atom. The fourth-order valence-electron chi connectivity index (χ4n) is 1.74. The van der Waals surface area contributed by atoms with Gasteiger partial charge in [0.15, 0.2) is 0 Å². The van der Waals surface area contributed by atoms with Crippen molar-refractivity contribution in [2.24, 2.45) is 0 Å². The molecule has 1 N–H and O–H groups in total. The predicted octanol–water partition coefficient (Wildman–Crippen LogP) is 2.15. The van der Waals surface area contributed by atoms with Gasteiger partial charge in [0, 0.05) is 22.2 Å². The number of nitrogens with zero attached hydrogens (tertiary/aromatic N) is 1. The van der Waals surface area contributed by atoms with Crippen molar-refractivity contribution in [1.29, 1.82) is 0 Å². The normalized spacial score (nSPS) is 20.2. The summed E-state index contributed by atoms with van der Waals surface area (Å²) < 4.78 is 0.928. The van der Waals surface area contributed by atoms with E-state index in [1.54, 1.807) is 17.0 Å². The van der Waals surface area contributed by atoms with Crippen LogP contribution in [-0.4, -0.2) is 35.1 Å². The molecular formula is C11H11ClINO2. The number of likely N-dealkylation sites (tertiary alicyclic amines) is 1. The van der Waals surface area contributed by atoms with Gasteiger partial charge >= 0.3 is 0 Å². The third kappa shape index (κ3) is 2.49. The van der Waals surface area contributed by atoms with E-state index in [9.17, 15) is 9.90 Å². The maximum atomic E-state index is 12.0. The van der Waals surface area contributed by atoms with Gasteiger partial charge in [0.05, 0.1) is 11.1 Å². The Balaban J connectivity index is 2.18. The first-order chi connectivity index (χ1) is 7.58. The van der Waals surface area contributed by atoms with Crippen LogP contribution in [0.3, 0.4) is 0 Å². The van der Waals surface area contributed by atoms with Gasteiger partial charge in [-0.1, -0.05) is 11.6 Å².